The number of methoxy groups -OCH3 is 1. The molecule has 1 aliphatic heterocycles. The Morgan fingerprint density at radius 1 is 1.47 bits per heavy atom. The summed E-state index contributed by atoms with van der Waals surface area (Å²) >= 11 is 0. The molecule has 0 saturated carbocycles. The molecule has 2 N–H and O–H groups in total. The number of aromatic carboxylic acids is 1. The first-order valence-electron chi connectivity index (χ1n) is 6.14. The van der Waals surface area contributed by atoms with E-state index in [0.717, 1.165) is 26.2 Å². The molecule has 1 aromatic rings. The van der Waals surface area contributed by atoms with E-state index in [4.69, 9.17) is 9.84 Å². The normalized spacial score (nSPS) is 16.3. The zero-order valence-corrected chi connectivity index (χ0v) is 10.8. The number of benzene rings is 1. The molecular formula is C13H17FN2O3. The van der Waals surface area contributed by atoms with E-state index in [1.54, 1.807) is 0 Å². The Morgan fingerprint density at radius 3 is 2.74 bits per heavy atom. The molecule has 104 valence electrons. The van der Waals surface area contributed by atoms with Gasteiger partial charge in [0, 0.05) is 32.7 Å². The SMILES string of the molecule is COc1c(F)cc(CN2CCNCC2)cc1C(=O)O. The van der Waals surface area contributed by atoms with Crippen LogP contribution in [-0.4, -0.2) is 49.3 Å². The number of hydrogen-bond donors (Lipinski definition) is 2. The lowest BCUT2D eigenvalue weighted by molar-refractivity contribution is 0.0692. The molecular weight excluding hydrogens is 251 g/mol. The van der Waals surface area contributed by atoms with Gasteiger partial charge in [0.05, 0.1) is 7.11 Å². The van der Waals surface area contributed by atoms with Crippen LogP contribution in [0.25, 0.3) is 0 Å². The van der Waals surface area contributed by atoms with Gasteiger partial charge < -0.3 is 15.2 Å². The average molecular weight is 268 g/mol. The number of carboxylic acid groups (broad SMARTS) is 1. The van der Waals surface area contributed by atoms with E-state index < -0.39 is 11.8 Å². The number of nitrogens with one attached hydrogen (secondary N) is 1. The fourth-order valence-electron chi connectivity index (χ4n) is 2.23. The summed E-state index contributed by atoms with van der Waals surface area (Å²) in [4.78, 5) is 13.3. The smallest absolute Gasteiger partial charge is 0.339 e. The molecule has 0 amide bonds. The van der Waals surface area contributed by atoms with Gasteiger partial charge in [-0.15, -0.1) is 0 Å². The van der Waals surface area contributed by atoms with Gasteiger partial charge >= 0.3 is 5.97 Å². The fourth-order valence-corrected chi connectivity index (χ4v) is 2.23. The summed E-state index contributed by atoms with van der Waals surface area (Å²) in [7, 11) is 1.26. The molecule has 5 nitrogen and oxygen atoms in total. The Kier molecular flexibility index (Phi) is 4.34. The number of nitrogens with zero attached hydrogens (tertiary/aromatic N) is 1. The first kappa shape index (κ1) is 13.8. The molecule has 1 saturated heterocycles. The minimum Gasteiger partial charge on any atom is -0.493 e. The van der Waals surface area contributed by atoms with E-state index >= 15 is 0 Å². The Balaban J connectivity index is 2.23. The lowest BCUT2D eigenvalue weighted by atomic mass is 10.1. The van der Waals surface area contributed by atoms with E-state index in [0.29, 0.717) is 12.1 Å². The minimum absolute atomic E-state index is 0.132. The molecule has 1 aliphatic rings. The maximum Gasteiger partial charge on any atom is 0.339 e. The van der Waals surface area contributed by atoms with Crippen LogP contribution in [0.5, 0.6) is 5.75 Å². The van der Waals surface area contributed by atoms with Crippen LogP contribution in [0.4, 0.5) is 4.39 Å². The van der Waals surface area contributed by atoms with Crippen molar-refractivity contribution in [2.75, 3.05) is 33.3 Å². The summed E-state index contributed by atoms with van der Waals surface area (Å²) in [6, 6.07) is 2.82. The van der Waals surface area contributed by atoms with Crippen molar-refractivity contribution in [2.45, 2.75) is 6.54 Å². The number of halogens is 1. The minimum atomic E-state index is -1.18. The van der Waals surface area contributed by atoms with E-state index in [2.05, 4.69) is 10.2 Å². The molecule has 1 heterocycles. The van der Waals surface area contributed by atoms with E-state index in [9.17, 15) is 9.18 Å². The highest BCUT2D eigenvalue weighted by molar-refractivity contribution is 5.91. The van der Waals surface area contributed by atoms with Crippen molar-refractivity contribution in [1.82, 2.24) is 10.2 Å². The van der Waals surface area contributed by atoms with Crippen LogP contribution in [0.1, 0.15) is 15.9 Å². The molecule has 1 aromatic carbocycles. The second-order valence-corrected chi connectivity index (χ2v) is 4.49. The number of carbonyl (C=O) groups is 1. The molecule has 0 atom stereocenters. The summed E-state index contributed by atoms with van der Waals surface area (Å²) in [5.74, 6) is -2.03. The Hall–Kier alpha value is -1.66. The van der Waals surface area contributed by atoms with Crippen LogP contribution in [0, 0.1) is 5.82 Å². The van der Waals surface area contributed by atoms with Crippen LogP contribution >= 0.6 is 0 Å². The van der Waals surface area contributed by atoms with Crippen molar-refractivity contribution in [1.29, 1.82) is 0 Å². The number of rotatable bonds is 4. The molecule has 0 aliphatic carbocycles. The predicted molar refractivity (Wildman–Crippen MR) is 68.1 cm³/mol. The number of hydrogen-bond acceptors (Lipinski definition) is 4. The topological polar surface area (TPSA) is 61.8 Å². The molecule has 2 rings (SSSR count). The quantitative estimate of drug-likeness (QED) is 0.851. The second-order valence-electron chi connectivity index (χ2n) is 4.49. The molecule has 0 radical (unpaired) electrons. The van der Waals surface area contributed by atoms with Crippen molar-refractivity contribution in [3.05, 3.63) is 29.1 Å². The van der Waals surface area contributed by atoms with Gasteiger partial charge in [0.2, 0.25) is 0 Å². The van der Waals surface area contributed by atoms with E-state index in [1.165, 1.54) is 19.2 Å². The van der Waals surface area contributed by atoms with Crippen LogP contribution in [-0.2, 0) is 6.54 Å². The largest absolute Gasteiger partial charge is 0.493 e. The molecule has 0 spiro atoms. The zero-order valence-electron chi connectivity index (χ0n) is 10.8. The summed E-state index contributed by atoms with van der Waals surface area (Å²) in [6.45, 7) is 4.07. The molecule has 0 bridgehead atoms. The highest BCUT2D eigenvalue weighted by Gasteiger charge is 2.18. The van der Waals surface area contributed by atoms with Crippen molar-refractivity contribution in [3.63, 3.8) is 0 Å². The highest BCUT2D eigenvalue weighted by Crippen LogP contribution is 2.25. The van der Waals surface area contributed by atoms with Crippen LogP contribution < -0.4 is 10.1 Å². The van der Waals surface area contributed by atoms with Gasteiger partial charge in [-0.2, -0.15) is 0 Å². The highest BCUT2D eigenvalue weighted by atomic mass is 19.1. The summed E-state index contributed by atoms with van der Waals surface area (Å²) in [5.41, 5.74) is 0.519. The third-order valence-corrected chi connectivity index (χ3v) is 3.15. The van der Waals surface area contributed by atoms with E-state index in [1.807, 2.05) is 0 Å². The molecule has 1 fully saturated rings. The van der Waals surface area contributed by atoms with Crippen molar-refractivity contribution < 1.29 is 19.0 Å². The van der Waals surface area contributed by atoms with Gasteiger partial charge in [-0.05, 0) is 17.7 Å². The lowest BCUT2D eigenvalue weighted by Crippen LogP contribution is -2.42. The number of piperazine rings is 1. The van der Waals surface area contributed by atoms with Gasteiger partial charge in [-0.25, -0.2) is 9.18 Å². The number of ether oxygens (including phenoxy) is 1. The van der Waals surface area contributed by atoms with Gasteiger partial charge in [-0.3, -0.25) is 4.90 Å². The predicted octanol–water partition coefficient (Wildman–Crippen LogP) is 0.938. The van der Waals surface area contributed by atoms with Gasteiger partial charge in [0.1, 0.15) is 5.56 Å². The van der Waals surface area contributed by atoms with E-state index in [-0.39, 0.29) is 11.3 Å². The first-order chi connectivity index (χ1) is 9.11. The van der Waals surface area contributed by atoms with Crippen LogP contribution in [0.2, 0.25) is 0 Å². The van der Waals surface area contributed by atoms with Gasteiger partial charge in [0.25, 0.3) is 0 Å². The summed E-state index contributed by atoms with van der Waals surface area (Å²) in [5, 5.41) is 12.3. The lowest BCUT2D eigenvalue weighted by Gasteiger charge is -2.27. The van der Waals surface area contributed by atoms with Crippen LogP contribution in [0.3, 0.4) is 0 Å². The summed E-state index contributed by atoms with van der Waals surface area (Å²) in [6.07, 6.45) is 0. The first-order valence-corrected chi connectivity index (χ1v) is 6.14. The maximum absolute atomic E-state index is 13.8. The summed E-state index contributed by atoms with van der Waals surface area (Å²) < 4.78 is 18.6. The second kappa shape index (κ2) is 5.99. The fraction of sp³-hybridized carbons (Fsp3) is 0.462. The third kappa shape index (κ3) is 3.21. The third-order valence-electron chi connectivity index (χ3n) is 3.15. The Labute approximate surface area is 111 Å². The molecule has 0 aromatic heterocycles. The Bertz CT molecular complexity index is 473. The van der Waals surface area contributed by atoms with Crippen molar-refractivity contribution in [3.8, 4) is 5.75 Å². The van der Waals surface area contributed by atoms with Crippen molar-refractivity contribution in [2.24, 2.45) is 0 Å². The maximum atomic E-state index is 13.8. The van der Waals surface area contributed by atoms with Gasteiger partial charge in [0.15, 0.2) is 11.6 Å². The average Bonchev–Trinajstić information content (AvgIpc) is 2.39. The molecule has 6 heteroatoms. The zero-order chi connectivity index (χ0) is 13.8. The molecule has 19 heavy (non-hydrogen) atoms. The Morgan fingerprint density at radius 2 is 2.16 bits per heavy atom. The number of carboxylic acids is 1. The molecule has 0 unspecified atom stereocenters. The van der Waals surface area contributed by atoms with Crippen molar-refractivity contribution >= 4 is 5.97 Å². The standard InChI is InChI=1S/C13H17FN2O3/c1-19-12-10(13(17)18)6-9(7-11(12)14)8-16-4-2-15-3-5-16/h6-7,15H,2-5,8H2,1H3,(H,17,18). The van der Waals surface area contributed by atoms with Gasteiger partial charge in [-0.1, -0.05) is 0 Å². The monoisotopic (exact) mass is 268 g/mol. The van der Waals surface area contributed by atoms with Crippen LogP contribution in [0.15, 0.2) is 12.1 Å².